The van der Waals surface area contributed by atoms with Gasteiger partial charge in [0, 0.05) is 12.5 Å². The SMILES string of the molecule is COC(=O)C1CCc2ccccc2N1.O=C(O)c1ccc2ccccc2n1.[HH]. The number of fused-ring (bicyclic) bond motifs is 2. The van der Waals surface area contributed by atoms with Crippen molar-refractivity contribution in [2.24, 2.45) is 0 Å². The lowest BCUT2D eigenvalue weighted by atomic mass is 9.98. The average molecular weight is 366 g/mol. The number of para-hydroxylation sites is 2. The first-order valence-corrected chi connectivity index (χ1v) is 8.60. The molecule has 0 amide bonds. The molecule has 0 saturated carbocycles. The Hall–Kier alpha value is -3.41. The van der Waals surface area contributed by atoms with Gasteiger partial charge in [0.1, 0.15) is 11.7 Å². The number of aryl methyl sites for hydroxylation is 1. The van der Waals surface area contributed by atoms with Gasteiger partial charge in [-0.05, 0) is 36.6 Å². The van der Waals surface area contributed by atoms with E-state index in [0.717, 1.165) is 23.9 Å². The molecule has 2 aromatic carbocycles. The molecule has 3 aromatic rings. The lowest BCUT2D eigenvalue weighted by Crippen LogP contribution is -2.34. The smallest absolute Gasteiger partial charge is 0.354 e. The maximum Gasteiger partial charge on any atom is 0.354 e. The predicted molar refractivity (Wildman–Crippen MR) is 105 cm³/mol. The molecular formula is C21H22N2O4. The second kappa shape index (κ2) is 8.31. The van der Waals surface area contributed by atoms with Crippen molar-refractivity contribution >= 4 is 28.5 Å². The monoisotopic (exact) mass is 366 g/mol. The highest BCUT2D eigenvalue weighted by molar-refractivity contribution is 5.89. The van der Waals surface area contributed by atoms with Gasteiger partial charge in [0.05, 0.1) is 12.6 Å². The molecule has 2 N–H and O–H groups in total. The number of esters is 1. The van der Waals surface area contributed by atoms with Gasteiger partial charge < -0.3 is 15.2 Å². The molecule has 0 aliphatic carbocycles. The highest BCUT2D eigenvalue weighted by Crippen LogP contribution is 2.24. The zero-order valence-corrected chi connectivity index (χ0v) is 14.9. The first-order chi connectivity index (χ1) is 13.1. The van der Waals surface area contributed by atoms with Crippen molar-refractivity contribution in [3.05, 3.63) is 71.9 Å². The van der Waals surface area contributed by atoms with Gasteiger partial charge in [-0.15, -0.1) is 0 Å². The fourth-order valence-electron chi connectivity index (χ4n) is 2.94. The molecule has 0 fully saturated rings. The summed E-state index contributed by atoms with van der Waals surface area (Å²) >= 11 is 0. The number of aromatic carboxylic acids is 1. The van der Waals surface area contributed by atoms with Crippen LogP contribution in [-0.4, -0.2) is 35.2 Å². The van der Waals surface area contributed by atoms with E-state index in [2.05, 4.69) is 16.4 Å². The van der Waals surface area contributed by atoms with Crippen LogP contribution in [-0.2, 0) is 16.0 Å². The van der Waals surface area contributed by atoms with Gasteiger partial charge in [-0.25, -0.2) is 14.6 Å². The second-order valence-corrected chi connectivity index (χ2v) is 6.11. The Labute approximate surface area is 158 Å². The first-order valence-electron chi connectivity index (χ1n) is 8.60. The van der Waals surface area contributed by atoms with Gasteiger partial charge in [-0.2, -0.15) is 0 Å². The summed E-state index contributed by atoms with van der Waals surface area (Å²) in [5.74, 6) is -1.18. The quantitative estimate of drug-likeness (QED) is 0.671. The van der Waals surface area contributed by atoms with Gasteiger partial charge >= 0.3 is 11.9 Å². The molecule has 2 heterocycles. The van der Waals surface area contributed by atoms with Crippen LogP contribution in [0.3, 0.4) is 0 Å². The number of ether oxygens (including phenoxy) is 1. The molecule has 0 spiro atoms. The van der Waals surface area contributed by atoms with Crippen LogP contribution in [0, 0.1) is 0 Å². The molecular weight excluding hydrogens is 344 g/mol. The molecule has 1 aliphatic rings. The number of methoxy groups -OCH3 is 1. The number of nitrogens with one attached hydrogen (secondary N) is 1. The van der Waals surface area contributed by atoms with Gasteiger partial charge in [0.15, 0.2) is 0 Å². The highest BCUT2D eigenvalue weighted by Gasteiger charge is 2.23. The molecule has 6 nitrogen and oxygen atoms in total. The minimum Gasteiger partial charge on any atom is -0.477 e. The van der Waals surface area contributed by atoms with Crippen LogP contribution in [0.4, 0.5) is 5.69 Å². The lowest BCUT2D eigenvalue weighted by Gasteiger charge is -2.24. The van der Waals surface area contributed by atoms with Crippen LogP contribution in [0.15, 0.2) is 60.7 Å². The van der Waals surface area contributed by atoms with Crippen molar-refractivity contribution in [2.45, 2.75) is 18.9 Å². The van der Waals surface area contributed by atoms with Crippen molar-refractivity contribution in [3.8, 4) is 0 Å². The number of aromatic nitrogens is 1. The Morgan fingerprint density at radius 1 is 1.11 bits per heavy atom. The molecule has 0 saturated heterocycles. The summed E-state index contributed by atoms with van der Waals surface area (Å²) in [6, 6.07) is 18.5. The fourth-order valence-corrected chi connectivity index (χ4v) is 2.94. The summed E-state index contributed by atoms with van der Waals surface area (Å²) in [7, 11) is 1.42. The summed E-state index contributed by atoms with van der Waals surface area (Å²) in [4.78, 5) is 25.8. The topological polar surface area (TPSA) is 88.5 Å². The van der Waals surface area contributed by atoms with E-state index in [1.807, 2.05) is 36.4 Å². The minimum atomic E-state index is -0.995. The third-order valence-corrected chi connectivity index (χ3v) is 4.35. The summed E-state index contributed by atoms with van der Waals surface area (Å²) in [5, 5.41) is 12.8. The van der Waals surface area contributed by atoms with Crippen molar-refractivity contribution in [1.82, 2.24) is 4.98 Å². The van der Waals surface area contributed by atoms with Crippen LogP contribution >= 0.6 is 0 Å². The van der Waals surface area contributed by atoms with E-state index in [1.165, 1.54) is 18.7 Å². The maximum absolute atomic E-state index is 11.3. The number of carboxylic acids is 1. The Morgan fingerprint density at radius 3 is 2.63 bits per heavy atom. The number of hydrogen-bond acceptors (Lipinski definition) is 5. The molecule has 0 radical (unpaired) electrons. The third-order valence-electron chi connectivity index (χ3n) is 4.35. The van der Waals surface area contributed by atoms with Crippen LogP contribution in [0.5, 0.6) is 0 Å². The van der Waals surface area contributed by atoms with Crippen LogP contribution < -0.4 is 5.32 Å². The normalized spacial score (nSPS) is 14.9. The molecule has 0 bridgehead atoms. The highest BCUT2D eigenvalue weighted by atomic mass is 16.5. The van der Waals surface area contributed by atoms with E-state index in [9.17, 15) is 9.59 Å². The summed E-state index contributed by atoms with van der Waals surface area (Å²) in [6.45, 7) is 0. The molecule has 1 aliphatic heterocycles. The van der Waals surface area contributed by atoms with E-state index in [1.54, 1.807) is 12.1 Å². The first kappa shape index (κ1) is 18.4. The largest absolute Gasteiger partial charge is 0.477 e. The number of rotatable bonds is 2. The molecule has 1 atom stereocenters. The molecule has 1 unspecified atom stereocenters. The van der Waals surface area contributed by atoms with Gasteiger partial charge in [-0.3, -0.25) is 0 Å². The molecule has 1 aromatic heterocycles. The number of carbonyl (C=O) groups is 2. The molecule has 140 valence electrons. The van der Waals surface area contributed by atoms with Gasteiger partial charge in [-0.1, -0.05) is 42.5 Å². The van der Waals surface area contributed by atoms with Crippen molar-refractivity contribution < 1.29 is 20.9 Å². The van der Waals surface area contributed by atoms with Crippen LogP contribution in [0.1, 0.15) is 23.9 Å². The number of pyridine rings is 1. The molecule has 6 heteroatoms. The standard InChI is InChI=1S/C11H13NO2.C10H7NO2.H2/c1-14-11(13)10-7-6-8-4-2-3-5-9(8)12-10;12-10(13)9-6-5-7-3-1-2-4-8(7)11-9;/h2-5,10,12H,6-7H2,1H3;1-6H,(H,12,13);1H. The van der Waals surface area contributed by atoms with E-state index in [4.69, 9.17) is 9.84 Å². The third kappa shape index (κ3) is 4.41. The van der Waals surface area contributed by atoms with Gasteiger partial charge in [0.2, 0.25) is 0 Å². The maximum atomic E-state index is 11.3. The minimum absolute atomic E-state index is 0. The Kier molecular flexibility index (Phi) is 5.66. The van der Waals surface area contributed by atoms with Crippen LogP contribution in [0.2, 0.25) is 0 Å². The zero-order valence-electron chi connectivity index (χ0n) is 14.9. The number of hydrogen-bond donors (Lipinski definition) is 2. The Balaban J connectivity index is 0.000000194. The summed E-state index contributed by atoms with van der Waals surface area (Å²) in [5.41, 5.74) is 3.11. The van der Waals surface area contributed by atoms with Crippen molar-refractivity contribution in [1.29, 1.82) is 0 Å². The number of anilines is 1. The fraction of sp³-hybridized carbons (Fsp3) is 0.190. The summed E-state index contributed by atoms with van der Waals surface area (Å²) < 4.78 is 4.70. The lowest BCUT2D eigenvalue weighted by molar-refractivity contribution is -0.141. The number of benzene rings is 2. The van der Waals surface area contributed by atoms with E-state index < -0.39 is 5.97 Å². The van der Waals surface area contributed by atoms with Crippen molar-refractivity contribution in [3.63, 3.8) is 0 Å². The number of carbonyl (C=O) groups excluding carboxylic acids is 1. The zero-order chi connectivity index (χ0) is 19.2. The van der Waals surface area contributed by atoms with E-state index in [-0.39, 0.29) is 19.1 Å². The Morgan fingerprint density at radius 2 is 1.85 bits per heavy atom. The number of nitrogens with zero attached hydrogens (tertiary/aromatic N) is 1. The van der Waals surface area contributed by atoms with E-state index >= 15 is 0 Å². The Bertz CT molecular complexity index is 977. The van der Waals surface area contributed by atoms with Crippen molar-refractivity contribution in [2.75, 3.05) is 12.4 Å². The second-order valence-electron chi connectivity index (χ2n) is 6.11. The van der Waals surface area contributed by atoms with E-state index in [0.29, 0.717) is 5.52 Å². The average Bonchev–Trinajstić information content (AvgIpc) is 2.72. The van der Waals surface area contributed by atoms with Crippen LogP contribution in [0.25, 0.3) is 10.9 Å². The molecule has 27 heavy (non-hydrogen) atoms. The number of carboxylic acid groups (broad SMARTS) is 1. The van der Waals surface area contributed by atoms with Gasteiger partial charge in [0.25, 0.3) is 0 Å². The summed E-state index contributed by atoms with van der Waals surface area (Å²) in [6.07, 6.45) is 1.74. The molecule has 4 rings (SSSR count). The predicted octanol–water partition coefficient (Wildman–Crippen LogP) is 3.77.